The highest BCUT2D eigenvalue weighted by Crippen LogP contribution is 2.34. The molecule has 0 aromatic heterocycles. The van der Waals surface area contributed by atoms with Crippen molar-refractivity contribution < 1.29 is 26.7 Å². The van der Waals surface area contributed by atoms with Gasteiger partial charge in [0.25, 0.3) is 0 Å². The molecule has 0 heterocycles. The van der Waals surface area contributed by atoms with E-state index in [0.717, 1.165) is 30.3 Å². The smallest absolute Gasteiger partial charge is 0.416 e. The average Bonchev–Trinajstić information content (AvgIpc) is 2.40. The number of rotatable bonds is 3. The van der Waals surface area contributed by atoms with Gasteiger partial charge in [0.1, 0.15) is 12.4 Å². The second-order valence-electron chi connectivity index (χ2n) is 4.28. The molecule has 0 amide bonds. The third-order valence-electron chi connectivity index (χ3n) is 2.72. The summed E-state index contributed by atoms with van der Waals surface area (Å²) in [6, 6.07) is 5.65. The largest absolute Gasteiger partial charge is 0.486 e. The molecule has 2 nitrogen and oxygen atoms in total. The summed E-state index contributed by atoms with van der Waals surface area (Å²) in [6.45, 7) is -0.560. The van der Waals surface area contributed by atoms with Crippen LogP contribution in [0.15, 0.2) is 36.4 Å². The zero-order valence-corrected chi connectivity index (χ0v) is 10.5. The highest BCUT2D eigenvalue weighted by Gasteiger charge is 2.33. The van der Waals surface area contributed by atoms with Crippen LogP contribution in [0.4, 0.5) is 27.6 Å². The van der Waals surface area contributed by atoms with Gasteiger partial charge >= 0.3 is 6.18 Å². The minimum absolute atomic E-state index is 0.0528. The summed E-state index contributed by atoms with van der Waals surface area (Å²) in [4.78, 5) is 0. The van der Waals surface area contributed by atoms with Crippen molar-refractivity contribution in [2.75, 3.05) is 5.73 Å². The van der Waals surface area contributed by atoms with Crippen LogP contribution in [0.5, 0.6) is 5.75 Å². The maximum atomic E-state index is 13.3. The molecule has 7 heteroatoms. The van der Waals surface area contributed by atoms with E-state index in [4.69, 9.17) is 10.5 Å². The van der Waals surface area contributed by atoms with Gasteiger partial charge in [-0.05, 0) is 24.3 Å². The van der Waals surface area contributed by atoms with Gasteiger partial charge in [-0.15, -0.1) is 0 Å². The summed E-state index contributed by atoms with van der Waals surface area (Å²) in [5, 5.41) is 0. The fourth-order valence-corrected chi connectivity index (χ4v) is 1.73. The van der Waals surface area contributed by atoms with Crippen molar-refractivity contribution >= 4 is 5.69 Å². The zero-order valence-electron chi connectivity index (χ0n) is 10.5. The summed E-state index contributed by atoms with van der Waals surface area (Å²) in [7, 11) is 0. The summed E-state index contributed by atoms with van der Waals surface area (Å²) < 4.78 is 69.8. The van der Waals surface area contributed by atoms with Crippen molar-refractivity contribution in [3.05, 3.63) is 59.2 Å². The summed E-state index contributed by atoms with van der Waals surface area (Å²) >= 11 is 0. The Morgan fingerprint density at radius 1 is 1.00 bits per heavy atom. The number of alkyl halides is 3. The molecule has 0 spiro atoms. The van der Waals surface area contributed by atoms with E-state index in [1.165, 1.54) is 6.07 Å². The van der Waals surface area contributed by atoms with E-state index in [1.54, 1.807) is 0 Å². The van der Waals surface area contributed by atoms with Gasteiger partial charge in [-0.1, -0.05) is 6.07 Å². The molecule has 0 atom stereocenters. The van der Waals surface area contributed by atoms with Gasteiger partial charge in [-0.2, -0.15) is 13.2 Å². The Labute approximate surface area is 116 Å². The van der Waals surface area contributed by atoms with Crippen molar-refractivity contribution in [1.82, 2.24) is 0 Å². The van der Waals surface area contributed by atoms with Gasteiger partial charge in [0, 0.05) is 17.3 Å². The van der Waals surface area contributed by atoms with Gasteiger partial charge in [0.2, 0.25) is 0 Å². The Morgan fingerprint density at radius 2 is 1.71 bits per heavy atom. The predicted octanol–water partition coefficient (Wildman–Crippen LogP) is 4.14. The Morgan fingerprint density at radius 3 is 2.38 bits per heavy atom. The number of hydrogen-bond donors (Lipinski definition) is 1. The second kappa shape index (κ2) is 5.59. The second-order valence-corrected chi connectivity index (χ2v) is 4.28. The van der Waals surface area contributed by atoms with E-state index in [1.807, 2.05) is 0 Å². The predicted molar refractivity (Wildman–Crippen MR) is 66.5 cm³/mol. The first-order valence-electron chi connectivity index (χ1n) is 5.81. The fraction of sp³-hybridized carbons (Fsp3) is 0.143. The minimum Gasteiger partial charge on any atom is -0.486 e. The van der Waals surface area contributed by atoms with Gasteiger partial charge in [-0.3, -0.25) is 0 Å². The lowest BCUT2D eigenvalue weighted by Gasteiger charge is -2.14. The first kappa shape index (κ1) is 15.1. The molecule has 0 aliphatic heterocycles. The third-order valence-corrected chi connectivity index (χ3v) is 2.72. The molecule has 0 saturated carbocycles. The van der Waals surface area contributed by atoms with Gasteiger partial charge in [0.05, 0.1) is 5.56 Å². The van der Waals surface area contributed by atoms with Crippen LogP contribution >= 0.6 is 0 Å². The first-order valence-corrected chi connectivity index (χ1v) is 5.81. The van der Waals surface area contributed by atoms with Crippen molar-refractivity contribution in [3.8, 4) is 5.75 Å². The number of nitrogens with two attached hydrogens (primary N) is 1. The SMILES string of the molecule is Nc1ccc(COc2cc(F)ccc2F)c(C(F)(F)F)c1. The molecule has 0 bridgehead atoms. The van der Waals surface area contributed by atoms with Crippen LogP contribution in [0.2, 0.25) is 0 Å². The quantitative estimate of drug-likeness (QED) is 0.683. The molecular weight excluding hydrogens is 293 g/mol. The van der Waals surface area contributed by atoms with E-state index < -0.39 is 35.7 Å². The molecule has 112 valence electrons. The molecule has 2 aromatic carbocycles. The monoisotopic (exact) mass is 303 g/mol. The van der Waals surface area contributed by atoms with Crippen molar-refractivity contribution in [2.45, 2.75) is 12.8 Å². The van der Waals surface area contributed by atoms with Crippen LogP contribution < -0.4 is 10.5 Å². The molecular formula is C14H10F5NO. The van der Waals surface area contributed by atoms with Crippen LogP contribution in [0.3, 0.4) is 0 Å². The minimum atomic E-state index is -4.62. The number of halogens is 5. The normalized spacial score (nSPS) is 11.5. The number of benzene rings is 2. The highest BCUT2D eigenvalue weighted by atomic mass is 19.4. The summed E-state index contributed by atoms with van der Waals surface area (Å²) in [6.07, 6.45) is -4.62. The Bertz CT molecular complexity index is 654. The van der Waals surface area contributed by atoms with Crippen molar-refractivity contribution in [3.63, 3.8) is 0 Å². The van der Waals surface area contributed by atoms with Gasteiger partial charge < -0.3 is 10.5 Å². The fourth-order valence-electron chi connectivity index (χ4n) is 1.73. The maximum absolute atomic E-state index is 13.3. The van der Waals surface area contributed by atoms with Crippen molar-refractivity contribution in [2.24, 2.45) is 0 Å². The molecule has 0 radical (unpaired) electrons. The highest BCUT2D eigenvalue weighted by molar-refractivity contribution is 5.46. The Balaban J connectivity index is 2.26. The van der Waals surface area contributed by atoms with E-state index in [-0.39, 0.29) is 11.3 Å². The topological polar surface area (TPSA) is 35.2 Å². The standard InChI is InChI=1S/C14H10F5NO/c15-9-2-4-12(16)13(5-9)21-7-8-1-3-10(20)6-11(8)14(17,18)19/h1-6H,7,20H2. The number of anilines is 1. The maximum Gasteiger partial charge on any atom is 0.416 e. The zero-order chi connectivity index (χ0) is 15.6. The molecule has 2 rings (SSSR count). The summed E-state index contributed by atoms with van der Waals surface area (Å²) in [5.74, 6) is -2.07. The third kappa shape index (κ3) is 3.62. The molecule has 2 aromatic rings. The molecule has 0 unspecified atom stereocenters. The number of nitrogen functional groups attached to an aromatic ring is 1. The van der Waals surface area contributed by atoms with Crippen LogP contribution in [-0.2, 0) is 12.8 Å². The lowest BCUT2D eigenvalue weighted by atomic mass is 10.1. The van der Waals surface area contributed by atoms with Crippen LogP contribution in [0.1, 0.15) is 11.1 Å². The molecule has 2 N–H and O–H groups in total. The van der Waals surface area contributed by atoms with E-state index >= 15 is 0 Å². The lowest BCUT2D eigenvalue weighted by Crippen LogP contribution is -2.12. The lowest BCUT2D eigenvalue weighted by molar-refractivity contribution is -0.138. The molecule has 21 heavy (non-hydrogen) atoms. The van der Waals surface area contributed by atoms with Crippen LogP contribution in [0.25, 0.3) is 0 Å². The number of ether oxygens (including phenoxy) is 1. The van der Waals surface area contributed by atoms with Gasteiger partial charge in [0.15, 0.2) is 11.6 Å². The van der Waals surface area contributed by atoms with E-state index in [0.29, 0.717) is 0 Å². The number of hydrogen-bond acceptors (Lipinski definition) is 2. The van der Waals surface area contributed by atoms with Gasteiger partial charge in [-0.25, -0.2) is 8.78 Å². The first-order chi connectivity index (χ1) is 9.77. The molecule has 0 aliphatic carbocycles. The van der Waals surface area contributed by atoms with E-state index in [9.17, 15) is 22.0 Å². The summed E-state index contributed by atoms with van der Waals surface area (Å²) in [5.41, 5.74) is 4.08. The molecule has 0 aliphatic rings. The molecule has 0 fully saturated rings. The van der Waals surface area contributed by atoms with Crippen LogP contribution in [-0.4, -0.2) is 0 Å². The van der Waals surface area contributed by atoms with E-state index in [2.05, 4.69) is 0 Å². The van der Waals surface area contributed by atoms with Crippen molar-refractivity contribution in [1.29, 1.82) is 0 Å². The Hall–Kier alpha value is -2.31. The van der Waals surface area contributed by atoms with Crippen LogP contribution in [0, 0.1) is 11.6 Å². The molecule has 0 saturated heterocycles. The average molecular weight is 303 g/mol. The Kier molecular flexibility index (Phi) is 4.02.